The molecule has 10 N–H and O–H groups in total. The number of rotatable bonds is 9. The first-order valence-corrected chi connectivity index (χ1v) is 8.26. The van der Waals surface area contributed by atoms with Gasteiger partial charge in [0.25, 0.3) is 0 Å². The summed E-state index contributed by atoms with van der Waals surface area (Å²) in [6.07, 6.45) is -0.235. The summed E-state index contributed by atoms with van der Waals surface area (Å²) in [6, 6.07) is -2.15. The Balaban J connectivity index is 0. The van der Waals surface area contributed by atoms with Crippen molar-refractivity contribution in [1.82, 2.24) is 10.6 Å². The van der Waals surface area contributed by atoms with Gasteiger partial charge in [-0.15, -0.1) is 0 Å². The predicted molar refractivity (Wildman–Crippen MR) is 86.8 cm³/mol. The zero-order valence-electron chi connectivity index (χ0n) is 12.5. The van der Waals surface area contributed by atoms with Crippen molar-refractivity contribution in [2.24, 2.45) is 11.2 Å². The Morgan fingerprint density at radius 1 is 1.17 bits per heavy atom. The molecule has 0 saturated carbocycles. The molecule has 0 bridgehead atoms. The van der Waals surface area contributed by atoms with Gasteiger partial charge < -0.3 is 36.4 Å². The smallest absolute Gasteiger partial charge is 0.322 e. The maximum Gasteiger partial charge on any atom is 0.322 e. The van der Waals surface area contributed by atoms with Crippen LogP contribution in [0.2, 0.25) is 0 Å². The molecule has 14 heteroatoms. The highest BCUT2D eigenvalue weighted by Gasteiger charge is 2.20. The van der Waals surface area contributed by atoms with Crippen molar-refractivity contribution in [3.8, 4) is 0 Å². The van der Waals surface area contributed by atoms with Gasteiger partial charge in [-0.05, 0) is 6.42 Å². The molecule has 0 aliphatic heterocycles. The van der Waals surface area contributed by atoms with Gasteiger partial charge in [0.2, 0.25) is 20.3 Å². The lowest BCUT2D eigenvalue weighted by molar-refractivity contribution is -0.139. The van der Waals surface area contributed by atoms with E-state index in [1.54, 1.807) is 0 Å². The second-order valence-corrected chi connectivity index (χ2v) is 5.22. The van der Waals surface area contributed by atoms with Crippen LogP contribution in [0.25, 0.3) is 0 Å². The largest absolute Gasteiger partial charge is 0.480 e. The highest BCUT2D eigenvalue weighted by atomic mass is 32.1. The Labute approximate surface area is 144 Å². The summed E-state index contributed by atoms with van der Waals surface area (Å²) in [5, 5.41) is 21.4. The van der Waals surface area contributed by atoms with Crippen molar-refractivity contribution in [3.05, 3.63) is 0 Å². The van der Waals surface area contributed by atoms with Crippen molar-refractivity contribution < 1.29 is 39.2 Å². The number of carbonyl (C=O) groups excluding carboxylic acids is 2. The average Bonchev–Trinajstić information content (AvgIpc) is 2.46. The molecule has 0 fully saturated rings. The fraction of sp³-hybridized carbons (Fsp3) is 0.600. The summed E-state index contributed by atoms with van der Waals surface area (Å²) in [7, 11) is -2.12. The Morgan fingerprint density at radius 3 is 2.04 bits per heavy atom. The molecule has 0 aromatic carbocycles. The molecule has 12 nitrogen and oxygen atoms in total. The monoisotopic (exact) mass is 388 g/mol. The molecule has 0 spiro atoms. The molecule has 0 aliphatic carbocycles. The van der Waals surface area contributed by atoms with E-state index in [0.29, 0.717) is 0 Å². The molecule has 0 radical (unpaired) electrons. The fourth-order valence-electron chi connectivity index (χ4n) is 1.16. The van der Waals surface area contributed by atoms with Crippen molar-refractivity contribution in [2.75, 3.05) is 12.3 Å². The molecular weight excluding hydrogens is 367 g/mol. The Bertz CT molecular complexity index is 436. The topological polar surface area (TPSA) is 225 Å². The van der Waals surface area contributed by atoms with E-state index in [1.165, 1.54) is 0 Å². The molecule has 0 heterocycles. The summed E-state index contributed by atoms with van der Waals surface area (Å²) < 4.78 is 0. The highest BCUT2D eigenvalue weighted by molar-refractivity contribution is 7.80. The maximum atomic E-state index is 11.5. The Morgan fingerprint density at radius 2 is 1.67 bits per heavy atom. The number of amides is 2. The SMILES string of the molecule is NC(CCC(=O)NC(CS)C(=O)NCC(=O)O)C(=O)O.NP(O)O. The lowest BCUT2D eigenvalue weighted by Crippen LogP contribution is -2.49. The molecule has 0 rings (SSSR count). The van der Waals surface area contributed by atoms with Gasteiger partial charge in [0.15, 0.2) is 0 Å². The third-order valence-corrected chi connectivity index (χ3v) is 2.61. The number of carboxylic acids is 2. The number of nitrogens with one attached hydrogen (secondary N) is 2. The number of thiol groups is 1. The lowest BCUT2D eigenvalue weighted by Gasteiger charge is -2.16. The molecule has 2 amide bonds. The summed E-state index contributed by atoms with van der Waals surface area (Å²) >= 11 is 3.87. The van der Waals surface area contributed by atoms with Crippen LogP contribution in [0.5, 0.6) is 0 Å². The number of carboxylic acid groups (broad SMARTS) is 2. The number of aliphatic carboxylic acids is 2. The van der Waals surface area contributed by atoms with Gasteiger partial charge >= 0.3 is 11.9 Å². The van der Waals surface area contributed by atoms with Gasteiger partial charge in [0, 0.05) is 12.2 Å². The minimum Gasteiger partial charge on any atom is -0.480 e. The molecule has 0 saturated heterocycles. The maximum absolute atomic E-state index is 11.5. The zero-order chi connectivity index (χ0) is 19.3. The van der Waals surface area contributed by atoms with E-state index in [4.69, 9.17) is 25.7 Å². The van der Waals surface area contributed by atoms with Crippen LogP contribution in [0.4, 0.5) is 0 Å². The fourth-order valence-corrected chi connectivity index (χ4v) is 1.41. The molecule has 0 aliphatic rings. The van der Waals surface area contributed by atoms with Crippen LogP contribution in [0.15, 0.2) is 0 Å². The summed E-state index contributed by atoms with van der Waals surface area (Å²) in [5.74, 6) is -3.70. The Kier molecular flexibility index (Phi) is 14.3. The van der Waals surface area contributed by atoms with Gasteiger partial charge in [-0.3, -0.25) is 24.7 Å². The van der Waals surface area contributed by atoms with Crippen LogP contribution < -0.4 is 21.9 Å². The average molecular weight is 388 g/mol. The lowest BCUT2D eigenvalue weighted by atomic mass is 10.1. The van der Waals surface area contributed by atoms with Crippen molar-refractivity contribution in [3.63, 3.8) is 0 Å². The van der Waals surface area contributed by atoms with Gasteiger partial charge in [0.1, 0.15) is 18.6 Å². The molecule has 140 valence electrons. The third-order valence-electron chi connectivity index (χ3n) is 2.25. The number of hydrogen-bond donors (Lipinski definition) is 9. The van der Waals surface area contributed by atoms with Crippen LogP contribution in [-0.4, -0.2) is 68.1 Å². The third kappa shape index (κ3) is 15.4. The minimum atomic E-state index is -2.12. The number of carbonyl (C=O) groups is 4. The first-order chi connectivity index (χ1) is 11.0. The van der Waals surface area contributed by atoms with E-state index in [2.05, 4.69) is 28.8 Å². The van der Waals surface area contributed by atoms with Crippen molar-refractivity contribution in [2.45, 2.75) is 24.9 Å². The standard InChI is InChI=1S/C10H17N3O6S.H4NO2P/c11-5(10(18)19)1-2-7(14)13-6(4-20)9(17)12-3-8(15)16;1-4(2)3/h5-6,20H,1-4,11H2,(H,12,17)(H,13,14)(H,15,16)(H,18,19);2-3H,1H2. The number of hydrogen-bond acceptors (Lipinski definition) is 9. The van der Waals surface area contributed by atoms with Gasteiger partial charge in [-0.2, -0.15) is 12.6 Å². The van der Waals surface area contributed by atoms with E-state index >= 15 is 0 Å². The van der Waals surface area contributed by atoms with Crippen LogP contribution in [0.1, 0.15) is 12.8 Å². The molecule has 0 aromatic rings. The second-order valence-electron chi connectivity index (χ2n) is 4.22. The zero-order valence-corrected chi connectivity index (χ0v) is 14.2. The normalized spacial score (nSPS) is 12.4. The van der Waals surface area contributed by atoms with Crippen molar-refractivity contribution in [1.29, 1.82) is 0 Å². The van der Waals surface area contributed by atoms with E-state index < -0.39 is 50.9 Å². The van der Waals surface area contributed by atoms with Crippen molar-refractivity contribution >= 4 is 44.9 Å². The first kappa shape index (κ1) is 24.7. The second kappa shape index (κ2) is 13.9. The molecule has 0 aromatic heterocycles. The molecular formula is C10H21N4O8PS. The van der Waals surface area contributed by atoms with E-state index in [0.717, 1.165) is 0 Å². The summed E-state index contributed by atoms with van der Waals surface area (Å²) in [6.45, 7) is -0.567. The molecule has 24 heavy (non-hydrogen) atoms. The van der Waals surface area contributed by atoms with Gasteiger partial charge in [0.05, 0.1) is 0 Å². The van der Waals surface area contributed by atoms with Crippen LogP contribution in [0.3, 0.4) is 0 Å². The first-order valence-electron chi connectivity index (χ1n) is 6.31. The minimum absolute atomic E-state index is 0.0256. The van der Waals surface area contributed by atoms with E-state index in [-0.39, 0.29) is 18.6 Å². The summed E-state index contributed by atoms with van der Waals surface area (Å²) in [5.41, 5.74) is 9.52. The molecule has 2 unspecified atom stereocenters. The quantitative estimate of drug-likeness (QED) is 0.143. The number of nitrogens with two attached hydrogens (primary N) is 2. The highest BCUT2D eigenvalue weighted by Crippen LogP contribution is 2.05. The Hall–Kier alpha value is -1.50. The van der Waals surface area contributed by atoms with E-state index in [9.17, 15) is 19.2 Å². The van der Waals surface area contributed by atoms with Crippen LogP contribution in [-0.2, 0) is 19.2 Å². The van der Waals surface area contributed by atoms with Crippen LogP contribution >= 0.6 is 21.2 Å². The van der Waals surface area contributed by atoms with E-state index in [1.807, 2.05) is 0 Å². The molecule has 2 atom stereocenters. The van der Waals surface area contributed by atoms with Gasteiger partial charge in [-0.25, -0.2) is 0 Å². The summed E-state index contributed by atoms with van der Waals surface area (Å²) in [4.78, 5) is 58.6. The van der Waals surface area contributed by atoms with Gasteiger partial charge in [-0.1, -0.05) is 0 Å². The predicted octanol–water partition coefficient (Wildman–Crippen LogP) is -3.05. The van der Waals surface area contributed by atoms with Crippen LogP contribution in [0, 0.1) is 0 Å².